The summed E-state index contributed by atoms with van der Waals surface area (Å²) in [6.45, 7) is 13.2. The van der Waals surface area contributed by atoms with Crippen LogP contribution in [0.1, 0.15) is 41.5 Å². The van der Waals surface area contributed by atoms with Crippen molar-refractivity contribution in [2.24, 2.45) is 41.2 Å². The predicted molar refractivity (Wildman–Crippen MR) is 113 cm³/mol. The number of carboxylic acids is 1. The minimum absolute atomic E-state index is 0.0151. The Morgan fingerprint density at radius 3 is 1.28 bits per heavy atom. The molecule has 0 aromatic carbocycles. The van der Waals surface area contributed by atoms with Gasteiger partial charge in [-0.3, -0.25) is 9.59 Å². The van der Waals surface area contributed by atoms with Crippen LogP contribution in [0.15, 0.2) is 0 Å². The molecule has 0 aromatic rings. The summed E-state index contributed by atoms with van der Waals surface area (Å²) >= 11 is 0. The van der Waals surface area contributed by atoms with Gasteiger partial charge in [-0.15, -0.1) is 0 Å². The summed E-state index contributed by atoms with van der Waals surface area (Å²) in [5.74, 6) is -0.403. The Kier molecular flexibility index (Phi) is 6.12. The lowest BCUT2D eigenvalue weighted by atomic mass is 10.2. The van der Waals surface area contributed by atoms with E-state index in [-0.39, 0.29) is 53.6 Å². The van der Waals surface area contributed by atoms with Gasteiger partial charge in [0.25, 0.3) is 0 Å². The molecule has 2 aliphatic carbocycles. The molecule has 4 aliphatic rings. The first-order valence-electron chi connectivity index (χ1n) is 11.1. The van der Waals surface area contributed by atoms with Crippen molar-refractivity contribution in [1.82, 2.24) is 9.80 Å². The second kappa shape index (κ2) is 8.12. The molecule has 2 saturated heterocycles. The third-order valence-corrected chi connectivity index (χ3v) is 6.31. The zero-order valence-corrected chi connectivity index (χ0v) is 19.7. The van der Waals surface area contributed by atoms with Crippen molar-refractivity contribution in [1.29, 1.82) is 0 Å². The van der Waals surface area contributed by atoms with Crippen LogP contribution in [-0.4, -0.2) is 76.4 Å². The number of amides is 3. The molecule has 2 saturated carbocycles. The Morgan fingerprint density at radius 1 is 0.719 bits per heavy atom. The molecule has 4 fully saturated rings. The van der Waals surface area contributed by atoms with Gasteiger partial charge in [-0.2, -0.15) is 0 Å². The van der Waals surface area contributed by atoms with Gasteiger partial charge in [-0.05, 0) is 65.2 Å². The van der Waals surface area contributed by atoms with E-state index < -0.39 is 17.2 Å². The van der Waals surface area contributed by atoms with Crippen LogP contribution < -0.4 is 5.73 Å². The van der Waals surface area contributed by atoms with Crippen LogP contribution in [-0.2, 0) is 19.1 Å². The Balaban J connectivity index is 0.000000181. The number of carboxylic acid groups (broad SMARTS) is 1. The van der Waals surface area contributed by atoms with Crippen molar-refractivity contribution in [2.45, 2.75) is 52.7 Å². The Hall–Kier alpha value is -2.52. The minimum Gasteiger partial charge on any atom is -0.481 e. The first-order chi connectivity index (χ1) is 14.6. The maximum Gasteiger partial charge on any atom is 0.410 e. The van der Waals surface area contributed by atoms with Crippen LogP contribution in [0, 0.1) is 35.5 Å². The molecule has 10 heteroatoms. The average molecular weight is 454 g/mol. The van der Waals surface area contributed by atoms with Crippen LogP contribution in [0.25, 0.3) is 0 Å². The van der Waals surface area contributed by atoms with Crippen LogP contribution in [0.2, 0.25) is 0 Å². The van der Waals surface area contributed by atoms with E-state index in [1.165, 1.54) is 0 Å². The number of fused-ring (bicyclic) bond motifs is 2. The highest BCUT2D eigenvalue weighted by molar-refractivity contribution is 5.81. The van der Waals surface area contributed by atoms with Gasteiger partial charge in [0.2, 0.25) is 5.91 Å². The molecule has 4 rings (SSSR count). The van der Waals surface area contributed by atoms with Gasteiger partial charge in [0, 0.05) is 32.1 Å². The molecule has 2 unspecified atom stereocenters. The molecule has 2 heterocycles. The van der Waals surface area contributed by atoms with Crippen molar-refractivity contribution in [3.05, 3.63) is 0 Å². The van der Waals surface area contributed by atoms with Gasteiger partial charge in [0.1, 0.15) is 11.2 Å². The summed E-state index contributed by atoms with van der Waals surface area (Å²) in [5.41, 5.74) is 4.28. The van der Waals surface area contributed by atoms with Gasteiger partial charge in [0.15, 0.2) is 0 Å². The van der Waals surface area contributed by atoms with Gasteiger partial charge >= 0.3 is 18.2 Å². The molecule has 0 spiro atoms. The first-order valence-corrected chi connectivity index (χ1v) is 11.1. The summed E-state index contributed by atoms with van der Waals surface area (Å²) < 4.78 is 10.5. The van der Waals surface area contributed by atoms with Gasteiger partial charge in [-0.25, -0.2) is 9.59 Å². The van der Waals surface area contributed by atoms with Gasteiger partial charge in [-0.1, -0.05) is 0 Å². The fourth-order valence-electron chi connectivity index (χ4n) is 4.79. The molecule has 180 valence electrons. The van der Waals surface area contributed by atoms with E-state index in [4.69, 9.17) is 20.3 Å². The van der Waals surface area contributed by atoms with Crippen LogP contribution in [0.3, 0.4) is 0 Å². The van der Waals surface area contributed by atoms with Crippen molar-refractivity contribution in [3.8, 4) is 0 Å². The van der Waals surface area contributed by atoms with E-state index in [1.54, 1.807) is 9.80 Å². The first kappa shape index (κ1) is 24.1. The Bertz CT molecular complexity index is 710. The van der Waals surface area contributed by atoms with Crippen molar-refractivity contribution >= 4 is 24.1 Å². The lowest BCUT2D eigenvalue weighted by molar-refractivity contribution is -0.139. The predicted octanol–water partition coefficient (Wildman–Crippen LogP) is 1.77. The van der Waals surface area contributed by atoms with Crippen molar-refractivity contribution < 1.29 is 33.8 Å². The number of hydrogen-bond donors (Lipinski definition) is 2. The monoisotopic (exact) mass is 453 g/mol. The number of piperidine rings is 2. The van der Waals surface area contributed by atoms with E-state index in [0.29, 0.717) is 26.2 Å². The third kappa shape index (κ3) is 5.45. The minimum atomic E-state index is -0.737. The molecule has 2 aliphatic heterocycles. The highest BCUT2D eigenvalue weighted by atomic mass is 16.6. The maximum absolute atomic E-state index is 11.7. The average Bonchev–Trinajstić information content (AvgIpc) is 3.34. The summed E-state index contributed by atoms with van der Waals surface area (Å²) in [7, 11) is 0. The third-order valence-electron chi connectivity index (χ3n) is 6.31. The van der Waals surface area contributed by atoms with E-state index in [0.717, 1.165) is 0 Å². The van der Waals surface area contributed by atoms with Crippen molar-refractivity contribution in [3.63, 3.8) is 0 Å². The highest BCUT2D eigenvalue weighted by Crippen LogP contribution is 2.52. The molecule has 0 aromatic heterocycles. The largest absolute Gasteiger partial charge is 0.481 e. The fourth-order valence-corrected chi connectivity index (χ4v) is 4.79. The second-order valence-corrected chi connectivity index (χ2v) is 11.2. The van der Waals surface area contributed by atoms with Crippen molar-refractivity contribution in [2.75, 3.05) is 26.2 Å². The van der Waals surface area contributed by atoms with Crippen LogP contribution in [0.5, 0.6) is 0 Å². The number of carbonyl (C=O) groups is 4. The van der Waals surface area contributed by atoms with E-state index in [2.05, 4.69) is 0 Å². The van der Waals surface area contributed by atoms with E-state index in [1.807, 2.05) is 41.5 Å². The Morgan fingerprint density at radius 2 is 1.03 bits per heavy atom. The second-order valence-electron chi connectivity index (χ2n) is 11.2. The molecular weight excluding hydrogens is 418 g/mol. The SMILES string of the molecule is CC(C)(C)OC(=O)N1C[C@@H]2C(C(=O)O)[C@@H]2C1.CC(C)(C)OC(=O)N1C[C@@H]2C(C(N)=O)[C@@H]2C1. The summed E-state index contributed by atoms with van der Waals surface area (Å²) in [6.07, 6.45) is -0.619. The smallest absolute Gasteiger partial charge is 0.410 e. The Labute approximate surface area is 188 Å². The van der Waals surface area contributed by atoms with Crippen LogP contribution in [0.4, 0.5) is 9.59 Å². The highest BCUT2D eigenvalue weighted by Gasteiger charge is 2.61. The van der Waals surface area contributed by atoms with Crippen LogP contribution >= 0.6 is 0 Å². The summed E-state index contributed by atoms with van der Waals surface area (Å²) in [4.78, 5) is 48.3. The number of hydrogen-bond acceptors (Lipinski definition) is 6. The molecule has 6 atom stereocenters. The number of nitrogens with zero attached hydrogens (tertiary/aromatic N) is 2. The lowest BCUT2D eigenvalue weighted by Crippen LogP contribution is -2.38. The number of rotatable bonds is 2. The van der Waals surface area contributed by atoms with E-state index >= 15 is 0 Å². The van der Waals surface area contributed by atoms with Gasteiger partial charge < -0.3 is 30.1 Å². The topological polar surface area (TPSA) is 139 Å². The molecule has 32 heavy (non-hydrogen) atoms. The number of nitrogens with two attached hydrogens (primary N) is 1. The summed E-state index contributed by atoms with van der Waals surface area (Å²) in [5, 5.41) is 8.84. The zero-order valence-electron chi connectivity index (χ0n) is 19.7. The number of primary amides is 1. The molecule has 10 nitrogen and oxygen atoms in total. The molecular formula is C22H35N3O7. The normalized spacial score (nSPS) is 32.2. The lowest BCUT2D eigenvalue weighted by Gasteiger charge is -2.25. The summed E-state index contributed by atoms with van der Waals surface area (Å²) in [6, 6.07) is 0. The zero-order chi connectivity index (χ0) is 24.2. The quantitative estimate of drug-likeness (QED) is 0.649. The number of carbonyl (C=O) groups excluding carboxylic acids is 3. The van der Waals surface area contributed by atoms with E-state index in [9.17, 15) is 19.2 Å². The molecule has 0 bridgehead atoms. The number of ether oxygens (including phenoxy) is 2. The van der Waals surface area contributed by atoms with Gasteiger partial charge in [0.05, 0.1) is 5.92 Å². The number of likely N-dealkylation sites (tertiary alicyclic amines) is 2. The standard InChI is InChI=1S/C11H18N2O3.C11H17NO4/c1-11(2,3)16-10(15)13-4-6-7(5-13)8(6)9(12)14;1-11(2,3)16-10(15)12-4-6-7(5-12)8(6)9(13)14/h6-8H,4-5H2,1-3H3,(H2,12,14);6-8H,4-5H2,1-3H3,(H,13,14)/t2*6-,7+,8?. The molecule has 0 radical (unpaired) electrons. The fraction of sp³-hybridized carbons (Fsp3) is 0.818. The number of aliphatic carboxylic acids is 1. The molecule has 3 N–H and O–H groups in total. The molecule has 3 amide bonds. The maximum atomic E-state index is 11.7.